The molecule has 2 aromatic carbocycles. The number of halogens is 2. The number of ether oxygens (including phenoxy) is 2. The first-order chi connectivity index (χ1) is 15.0. The molecule has 1 aliphatic rings. The summed E-state index contributed by atoms with van der Waals surface area (Å²) in [5, 5.41) is 12.1. The monoisotopic (exact) mass is 547 g/mol. The molecule has 0 bridgehead atoms. The fourth-order valence-electron chi connectivity index (χ4n) is 2.85. The van der Waals surface area contributed by atoms with Crippen molar-refractivity contribution in [2.45, 2.75) is 0 Å². The zero-order valence-electron chi connectivity index (χ0n) is 16.4. The molecule has 0 saturated carbocycles. The van der Waals surface area contributed by atoms with E-state index in [1.807, 2.05) is 12.1 Å². The van der Waals surface area contributed by atoms with Crippen LogP contribution < -0.4 is 10.1 Å². The van der Waals surface area contributed by atoms with Gasteiger partial charge in [-0.1, -0.05) is 28.1 Å². The van der Waals surface area contributed by atoms with Gasteiger partial charge in [-0.15, -0.1) is 0 Å². The van der Waals surface area contributed by atoms with Crippen LogP contribution in [0.4, 0.5) is 5.69 Å². The summed E-state index contributed by atoms with van der Waals surface area (Å²) in [6, 6.07) is 14.1. The van der Waals surface area contributed by atoms with Gasteiger partial charge in [0.2, 0.25) is 0 Å². The number of hydrogen-bond acceptors (Lipinski definition) is 5. The van der Waals surface area contributed by atoms with Crippen LogP contribution in [-0.2, 0) is 14.3 Å². The molecule has 0 radical (unpaired) electrons. The van der Waals surface area contributed by atoms with Crippen molar-refractivity contribution in [2.75, 3.05) is 38.2 Å². The minimum atomic E-state index is -0.506. The largest absolute Gasteiger partial charge is 0.483 e. The second-order valence-corrected chi connectivity index (χ2v) is 8.38. The quantitative estimate of drug-likeness (QED) is 0.435. The minimum Gasteiger partial charge on any atom is -0.483 e. The van der Waals surface area contributed by atoms with Crippen LogP contribution in [0.3, 0.4) is 0 Å². The maximum absolute atomic E-state index is 12.4. The molecule has 1 fully saturated rings. The molecular formula is C22H19Br2N3O4. The molecule has 1 N–H and O–H groups in total. The number of morpholine rings is 1. The molecular weight excluding hydrogens is 530 g/mol. The van der Waals surface area contributed by atoms with Crippen LogP contribution in [0.15, 0.2) is 57.0 Å². The first kappa shape index (κ1) is 23.0. The Kier molecular flexibility index (Phi) is 8.23. The van der Waals surface area contributed by atoms with Crippen LogP contribution in [0.2, 0.25) is 0 Å². The van der Waals surface area contributed by atoms with Gasteiger partial charge in [-0.05, 0) is 57.9 Å². The van der Waals surface area contributed by atoms with E-state index in [1.54, 1.807) is 41.3 Å². The maximum atomic E-state index is 12.4. The SMILES string of the molecule is N#C/C(=C/c1ccc(OCC(=O)N2CCOCC2)c(Br)c1)C(=O)Nc1cccc(Br)c1. The number of nitrogens with zero attached hydrogens (tertiary/aromatic N) is 2. The van der Waals surface area contributed by atoms with Gasteiger partial charge in [-0.2, -0.15) is 5.26 Å². The Morgan fingerprint density at radius 1 is 1.19 bits per heavy atom. The minimum absolute atomic E-state index is 0.0389. The highest BCUT2D eigenvalue weighted by Gasteiger charge is 2.17. The molecule has 9 heteroatoms. The van der Waals surface area contributed by atoms with E-state index in [1.165, 1.54) is 6.08 Å². The molecule has 31 heavy (non-hydrogen) atoms. The van der Waals surface area contributed by atoms with Crippen LogP contribution in [-0.4, -0.2) is 49.6 Å². The average Bonchev–Trinajstić information content (AvgIpc) is 2.77. The highest BCUT2D eigenvalue weighted by Crippen LogP contribution is 2.27. The summed E-state index contributed by atoms with van der Waals surface area (Å²) >= 11 is 6.76. The van der Waals surface area contributed by atoms with Crippen molar-refractivity contribution >= 4 is 55.4 Å². The molecule has 0 aliphatic carbocycles. The van der Waals surface area contributed by atoms with Crippen molar-refractivity contribution in [1.82, 2.24) is 4.90 Å². The highest BCUT2D eigenvalue weighted by atomic mass is 79.9. The van der Waals surface area contributed by atoms with Gasteiger partial charge in [0.1, 0.15) is 17.4 Å². The van der Waals surface area contributed by atoms with Gasteiger partial charge in [-0.3, -0.25) is 9.59 Å². The summed E-state index contributed by atoms with van der Waals surface area (Å²) in [5.41, 5.74) is 1.18. The smallest absolute Gasteiger partial charge is 0.266 e. The standard InChI is InChI=1S/C22H19Br2N3O4/c23-17-2-1-3-18(12-17)26-22(29)16(13-25)10-15-4-5-20(19(24)11-15)31-14-21(28)27-6-8-30-9-7-27/h1-5,10-12H,6-9,14H2,(H,26,29)/b16-10-. The third kappa shape index (κ3) is 6.66. The van der Waals surface area contributed by atoms with Crippen molar-refractivity contribution in [3.63, 3.8) is 0 Å². The number of hydrogen-bond donors (Lipinski definition) is 1. The number of nitrogens with one attached hydrogen (secondary N) is 1. The van der Waals surface area contributed by atoms with E-state index >= 15 is 0 Å². The summed E-state index contributed by atoms with van der Waals surface area (Å²) in [6.45, 7) is 2.12. The van der Waals surface area contributed by atoms with Crippen molar-refractivity contribution in [1.29, 1.82) is 5.26 Å². The lowest BCUT2D eigenvalue weighted by atomic mass is 10.1. The highest BCUT2D eigenvalue weighted by molar-refractivity contribution is 9.10. The van der Waals surface area contributed by atoms with Gasteiger partial charge in [0.05, 0.1) is 17.7 Å². The number of amides is 2. The van der Waals surface area contributed by atoms with Crippen LogP contribution in [0.1, 0.15) is 5.56 Å². The molecule has 0 spiro atoms. The molecule has 0 aromatic heterocycles. The fraction of sp³-hybridized carbons (Fsp3) is 0.227. The van der Waals surface area contributed by atoms with E-state index in [9.17, 15) is 14.9 Å². The normalized spacial score (nSPS) is 14.0. The van der Waals surface area contributed by atoms with Gasteiger partial charge in [0, 0.05) is 23.2 Å². The zero-order valence-corrected chi connectivity index (χ0v) is 19.6. The van der Waals surface area contributed by atoms with E-state index in [4.69, 9.17) is 9.47 Å². The van der Waals surface area contributed by atoms with Crippen molar-refractivity contribution in [3.05, 3.63) is 62.5 Å². The first-order valence-electron chi connectivity index (χ1n) is 9.43. The Bertz CT molecular complexity index is 1040. The molecule has 0 unspecified atom stereocenters. The van der Waals surface area contributed by atoms with Crippen LogP contribution >= 0.6 is 31.9 Å². The lowest BCUT2D eigenvalue weighted by molar-refractivity contribution is -0.137. The molecule has 2 amide bonds. The maximum Gasteiger partial charge on any atom is 0.266 e. The van der Waals surface area contributed by atoms with Crippen molar-refractivity contribution in [3.8, 4) is 11.8 Å². The van der Waals surface area contributed by atoms with Crippen molar-refractivity contribution < 1.29 is 19.1 Å². The Balaban J connectivity index is 1.64. The van der Waals surface area contributed by atoms with Gasteiger partial charge in [0.25, 0.3) is 11.8 Å². The Morgan fingerprint density at radius 2 is 1.97 bits per heavy atom. The van der Waals surface area contributed by atoms with E-state index < -0.39 is 5.91 Å². The number of rotatable bonds is 6. The lowest BCUT2D eigenvalue weighted by Gasteiger charge is -2.26. The van der Waals surface area contributed by atoms with E-state index in [0.29, 0.717) is 47.8 Å². The van der Waals surface area contributed by atoms with Gasteiger partial charge in [0.15, 0.2) is 6.61 Å². The number of carbonyl (C=O) groups is 2. The topological polar surface area (TPSA) is 91.7 Å². The molecule has 2 aromatic rings. The zero-order chi connectivity index (χ0) is 22.2. The van der Waals surface area contributed by atoms with Crippen LogP contribution in [0, 0.1) is 11.3 Å². The lowest BCUT2D eigenvalue weighted by Crippen LogP contribution is -2.43. The van der Waals surface area contributed by atoms with Gasteiger partial charge >= 0.3 is 0 Å². The third-order valence-electron chi connectivity index (χ3n) is 4.43. The summed E-state index contributed by atoms with van der Waals surface area (Å²) in [5.74, 6) is -0.112. The number of anilines is 1. The molecule has 160 valence electrons. The number of carbonyl (C=O) groups excluding carboxylic acids is 2. The molecule has 0 atom stereocenters. The summed E-state index contributed by atoms with van der Waals surface area (Å²) < 4.78 is 12.3. The molecule has 3 rings (SSSR count). The predicted molar refractivity (Wildman–Crippen MR) is 123 cm³/mol. The number of nitriles is 1. The fourth-order valence-corrected chi connectivity index (χ4v) is 3.76. The van der Waals surface area contributed by atoms with E-state index in [-0.39, 0.29) is 18.1 Å². The van der Waals surface area contributed by atoms with E-state index in [2.05, 4.69) is 37.2 Å². The molecule has 7 nitrogen and oxygen atoms in total. The molecule has 1 aliphatic heterocycles. The van der Waals surface area contributed by atoms with Crippen LogP contribution in [0.5, 0.6) is 5.75 Å². The summed E-state index contributed by atoms with van der Waals surface area (Å²) in [7, 11) is 0. The van der Waals surface area contributed by atoms with Crippen molar-refractivity contribution in [2.24, 2.45) is 0 Å². The summed E-state index contributed by atoms with van der Waals surface area (Å²) in [4.78, 5) is 26.4. The van der Waals surface area contributed by atoms with Gasteiger partial charge in [-0.25, -0.2) is 0 Å². The Labute approximate surface area is 196 Å². The second kappa shape index (κ2) is 11.1. The third-order valence-corrected chi connectivity index (χ3v) is 5.54. The predicted octanol–water partition coefficient (Wildman–Crippen LogP) is 3.99. The Morgan fingerprint density at radius 3 is 2.65 bits per heavy atom. The number of benzene rings is 2. The molecule has 1 saturated heterocycles. The first-order valence-corrected chi connectivity index (χ1v) is 11.0. The van der Waals surface area contributed by atoms with Crippen LogP contribution in [0.25, 0.3) is 6.08 Å². The van der Waals surface area contributed by atoms with Gasteiger partial charge < -0.3 is 19.7 Å². The molecule has 1 heterocycles. The Hall–Kier alpha value is -2.67. The average molecular weight is 549 g/mol. The summed E-state index contributed by atoms with van der Waals surface area (Å²) in [6.07, 6.45) is 1.49. The van der Waals surface area contributed by atoms with E-state index in [0.717, 1.165) is 4.47 Å². The second-order valence-electron chi connectivity index (χ2n) is 6.61.